The molecule has 0 amide bonds. The molecule has 0 saturated carbocycles. The number of nitrogens with zero attached hydrogens (tertiary/aromatic N) is 2. The average molecular weight is 264 g/mol. The highest BCUT2D eigenvalue weighted by Gasteiger charge is 2.12. The van der Waals surface area contributed by atoms with Crippen LogP contribution in [0, 0.1) is 5.82 Å². The van der Waals surface area contributed by atoms with Gasteiger partial charge >= 0.3 is 0 Å². The van der Waals surface area contributed by atoms with E-state index in [9.17, 15) is 9.50 Å². The van der Waals surface area contributed by atoms with Crippen LogP contribution >= 0.6 is 0 Å². The van der Waals surface area contributed by atoms with Crippen LogP contribution in [0.2, 0.25) is 0 Å². The van der Waals surface area contributed by atoms with E-state index >= 15 is 0 Å². The van der Waals surface area contributed by atoms with Crippen molar-refractivity contribution in [2.45, 2.75) is 32.9 Å². The second kappa shape index (κ2) is 5.40. The molecule has 0 aliphatic carbocycles. The third kappa shape index (κ3) is 3.12. The summed E-state index contributed by atoms with van der Waals surface area (Å²) >= 11 is 0. The van der Waals surface area contributed by atoms with E-state index in [4.69, 9.17) is 4.74 Å². The highest BCUT2D eigenvalue weighted by Crippen LogP contribution is 2.30. The fourth-order valence-corrected chi connectivity index (χ4v) is 1.72. The van der Waals surface area contributed by atoms with Crippen LogP contribution in [-0.2, 0) is 0 Å². The van der Waals surface area contributed by atoms with E-state index in [-0.39, 0.29) is 6.04 Å². The summed E-state index contributed by atoms with van der Waals surface area (Å²) < 4.78 is 20.6. The summed E-state index contributed by atoms with van der Waals surface area (Å²) in [6, 6.07) is 4.31. The molecule has 0 fully saturated rings. The van der Waals surface area contributed by atoms with Gasteiger partial charge in [-0.15, -0.1) is 0 Å². The van der Waals surface area contributed by atoms with Gasteiger partial charge < -0.3 is 9.84 Å². The molecule has 0 aliphatic heterocycles. The van der Waals surface area contributed by atoms with Gasteiger partial charge in [-0.3, -0.25) is 4.68 Å². The maximum absolute atomic E-state index is 13.2. The molecule has 1 heterocycles. The molecular weight excluding hydrogens is 247 g/mol. The molecule has 5 heteroatoms. The van der Waals surface area contributed by atoms with Crippen molar-refractivity contribution in [3.05, 3.63) is 42.0 Å². The topological polar surface area (TPSA) is 47.3 Å². The molecule has 0 saturated heterocycles. The predicted molar refractivity (Wildman–Crippen MR) is 69.7 cm³/mol. The number of aliphatic hydroxyl groups excluding tert-OH is 1. The van der Waals surface area contributed by atoms with Gasteiger partial charge in [0.2, 0.25) is 0 Å². The summed E-state index contributed by atoms with van der Waals surface area (Å²) in [6.45, 7) is 5.59. The zero-order valence-electron chi connectivity index (χ0n) is 11.2. The van der Waals surface area contributed by atoms with E-state index in [1.54, 1.807) is 24.0 Å². The van der Waals surface area contributed by atoms with Gasteiger partial charge in [0.25, 0.3) is 0 Å². The van der Waals surface area contributed by atoms with E-state index in [2.05, 4.69) is 5.10 Å². The summed E-state index contributed by atoms with van der Waals surface area (Å²) in [5.41, 5.74) is 0.414. The summed E-state index contributed by atoms with van der Waals surface area (Å²) in [7, 11) is 0. The van der Waals surface area contributed by atoms with Gasteiger partial charge in [-0.25, -0.2) is 4.39 Å². The highest BCUT2D eigenvalue weighted by molar-refractivity contribution is 5.38. The maximum atomic E-state index is 13.2. The van der Waals surface area contributed by atoms with E-state index in [1.807, 2.05) is 13.8 Å². The monoisotopic (exact) mass is 264 g/mol. The van der Waals surface area contributed by atoms with Gasteiger partial charge in [0, 0.05) is 11.6 Å². The zero-order valence-corrected chi connectivity index (χ0v) is 11.2. The Labute approximate surface area is 111 Å². The lowest BCUT2D eigenvalue weighted by molar-refractivity contribution is 0.195. The van der Waals surface area contributed by atoms with Gasteiger partial charge in [0.1, 0.15) is 11.6 Å². The second-order valence-electron chi connectivity index (χ2n) is 4.71. The predicted octanol–water partition coefficient (Wildman–Crippen LogP) is 3.45. The minimum absolute atomic E-state index is 0.238. The number of hydrogen-bond acceptors (Lipinski definition) is 3. The minimum atomic E-state index is -0.800. The Balaban J connectivity index is 2.27. The summed E-state index contributed by atoms with van der Waals surface area (Å²) in [5.74, 6) is 0.586. The average Bonchev–Trinajstić information content (AvgIpc) is 2.80. The van der Waals surface area contributed by atoms with Crippen LogP contribution in [0.5, 0.6) is 11.5 Å². The third-order valence-corrected chi connectivity index (χ3v) is 2.76. The molecule has 2 rings (SSSR count). The molecular formula is C14H17FN2O2. The van der Waals surface area contributed by atoms with Crippen LogP contribution in [0.15, 0.2) is 30.6 Å². The molecule has 19 heavy (non-hydrogen) atoms. The molecule has 0 aliphatic rings. The number of benzene rings is 1. The van der Waals surface area contributed by atoms with Crippen LogP contribution in [0.25, 0.3) is 0 Å². The highest BCUT2D eigenvalue weighted by atomic mass is 19.1. The lowest BCUT2D eigenvalue weighted by atomic mass is 10.1. The molecule has 102 valence electrons. The summed E-state index contributed by atoms with van der Waals surface area (Å²) in [6.07, 6.45) is 2.56. The number of ether oxygens (including phenoxy) is 1. The van der Waals surface area contributed by atoms with E-state index in [0.717, 1.165) is 0 Å². The van der Waals surface area contributed by atoms with E-state index < -0.39 is 11.9 Å². The van der Waals surface area contributed by atoms with E-state index in [1.165, 1.54) is 18.2 Å². The second-order valence-corrected chi connectivity index (χ2v) is 4.71. The lowest BCUT2D eigenvalue weighted by Gasteiger charge is -2.12. The normalized spacial score (nSPS) is 12.7. The fraction of sp³-hybridized carbons (Fsp3) is 0.357. The molecule has 2 aromatic rings. The van der Waals surface area contributed by atoms with Crippen molar-refractivity contribution in [3.8, 4) is 11.5 Å². The Kier molecular flexibility index (Phi) is 3.85. The van der Waals surface area contributed by atoms with Crippen molar-refractivity contribution in [2.24, 2.45) is 0 Å². The first-order valence-corrected chi connectivity index (χ1v) is 6.17. The van der Waals surface area contributed by atoms with Crippen LogP contribution in [0.3, 0.4) is 0 Å². The molecule has 0 radical (unpaired) electrons. The van der Waals surface area contributed by atoms with E-state index in [0.29, 0.717) is 17.1 Å². The first kappa shape index (κ1) is 13.5. The Morgan fingerprint density at radius 1 is 1.32 bits per heavy atom. The first-order chi connectivity index (χ1) is 8.97. The van der Waals surface area contributed by atoms with Crippen molar-refractivity contribution in [1.82, 2.24) is 9.78 Å². The molecule has 1 aromatic heterocycles. The molecule has 0 spiro atoms. The van der Waals surface area contributed by atoms with Crippen molar-refractivity contribution in [1.29, 1.82) is 0 Å². The van der Waals surface area contributed by atoms with Crippen LogP contribution in [0.4, 0.5) is 4.39 Å². The van der Waals surface area contributed by atoms with Crippen LogP contribution in [-0.4, -0.2) is 14.9 Å². The third-order valence-electron chi connectivity index (χ3n) is 2.76. The summed E-state index contributed by atoms with van der Waals surface area (Å²) in [4.78, 5) is 0. The first-order valence-electron chi connectivity index (χ1n) is 6.17. The Bertz CT molecular complexity index is 564. The van der Waals surface area contributed by atoms with Crippen LogP contribution in [0.1, 0.15) is 38.5 Å². The standard InChI is InChI=1S/C14H17FN2O2/c1-9(2)17-8-12(7-16-17)19-14-5-4-11(15)6-13(14)10(3)18/h4-10,18H,1-3H3/t10-/m1/s1. The quantitative estimate of drug-likeness (QED) is 0.920. The largest absolute Gasteiger partial charge is 0.454 e. The molecule has 0 bridgehead atoms. The molecule has 0 unspecified atom stereocenters. The van der Waals surface area contributed by atoms with Gasteiger partial charge in [-0.2, -0.15) is 5.10 Å². The number of rotatable bonds is 4. The van der Waals surface area contributed by atoms with Crippen molar-refractivity contribution in [3.63, 3.8) is 0 Å². The van der Waals surface area contributed by atoms with Crippen molar-refractivity contribution < 1.29 is 14.2 Å². The fourth-order valence-electron chi connectivity index (χ4n) is 1.72. The lowest BCUT2D eigenvalue weighted by Crippen LogP contribution is -2.00. The number of aromatic nitrogens is 2. The molecule has 1 atom stereocenters. The molecule has 4 nitrogen and oxygen atoms in total. The zero-order chi connectivity index (χ0) is 14.0. The van der Waals surface area contributed by atoms with Crippen molar-refractivity contribution in [2.75, 3.05) is 0 Å². The molecule has 1 aromatic carbocycles. The van der Waals surface area contributed by atoms with Gasteiger partial charge in [0.05, 0.1) is 18.5 Å². The van der Waals surface area contributed by atoms with Gasteiger partial charge in [0.15, 0.2) is 5.75 Å². The maximum Gasteiger partial charge on any atom is 0.165 e. The minimum Gasteiger partial charge on any atom is -0.454 e. The number of aliphatic hydroxyl groups is 1. The van der Waals surface area contributed by atoms with Gasteiger partial charge in [-0.1, -0.05) is 0 Å². The Morgan fingerprint density at radius 2 is 2.05 bits per heavy atom. The number of halogens is 1. The van der Waals surface area contributed by atoms with Crippen LogP contribution < -0.4 is 4.74 Å². The molecule has 1 N–H and O–H groups in total. The smallest absolute Gasteiger partial charge is 0.165 e. The number of hydrogen-bond donors (Lipinski definition) is 1. The Hall–Kier alpha value is -1.88. The SMILES string of the molecule is CC(C)n1cc(Oc2ccc(F)cc2[C@@H](C)O)cn1. The van der Waals surface area contributed by atoms with Crippen molar-refractivity contribution >= 4 is 0 Å². The van der Waals surface area contributed by atoms with Gasteiger partial charge in [-0.05, 0) is 39.0 Å². The Morgan fingerprint density at radius 3 is 2.63 bits per heavy atom. The summed E-state index contributed by atoms with van der Waals surface area (Å²) in [5, 5.41) is 13.8.